The third-order valence-corrected chi connectivity index (χ3v) is 4.26. The topological polar surface area (TPSA) is 107 Å². The van der Waals surface area contributed by atoms with E-state index in [1.807, 2.05) is 12.1 Å². The Bertz CT molecular complexity index is 916. The van der Waals surface area contributed by atoms with Crippen molar-refractivity contribution in [2.75, 3.05) is 18.9 Å². The Morgan fingerprint density at radius 3 is 3.16 bits per heavy atom. The van der Waals surface area contributed by atoms with Gasteiger partial charge in [0.25, 0.3) is 5.91 Å². The lowest BCUT2D eigenvalue weighted by Crippen LogP contribution is -2.31. The molecule has 0 aliphatic carbocycles. The van der Waals surface area contributed by atoms with Crippen molar-refractivity contribution in [1.82, 2.24) is 24.9 Å². The summed E-state index contributed by atoms with van der Waals surface area (Å²) in [6.45, 7) is 1.30. The van der Waals surface area contributed by atoms with Gasteiger partial charge in [-0.25, -0.2) is 4.98 Å². The molecule has 0 bridgehead atoms. The van der Waals surface area contributed by atoms with Crippen molar-refractivity contribution in [2.45, 2.75) is 18.9 Å². The predicted molar refractivity (Wildman–Crippen MR) is 91.9 cm³/mol. The van der Waals surface area contributed by atoms with E-state index in [0.717, 1.165) is 25.0 Å². The van der Waals surface area contributed by atoms with Gasteiger partial charge in [-0.15, -0.1) is 10.2 Å². The molecule has 25 heavy (non-hydrogen) atoms. The fourth-order valence-electron chi connectivity index (χ4n) is 2.93. The van der Waals surface area contributed by atoms with E-state index in [0.29, 0.717) is 29.4 Å². The molecule has 8 heteroatoms. The van der Waals surface area contributed by atoms with Crippen molar-refractivity contribution in [2.24, 2.45) is 0 Å². The summed E-state index contributed by atoms with van der Waals surface area (Å²) < 4.78 is 7.12. The molecule has 1 fully saturated rings. The highest BCUT2D eigenvalue weighted by Gasteiger charge is 2.17. The van der Waals surface area contributed by atoms with Crippen LogP contribution >= 0.6 is 0 Å². The molecule has 1 amide bonds. The summed E-state index contributed by atoms with van der Waals surface area (Å²) in [5, 5.41) is 10.7. The second-order valence-electron chi connectivity index (χ2n) is 5.98. The van der Waals surface area contributed by atoms with E-state index in [9.17, 15) is 4.79 Å². The highest BCUT2D eigenvalue weighted by Crippen LogP contribution is 2.21. The Labute approximate surface area is 144 Å². The minimum atomic E-state index is -0.131. The largest absolute Gasteiger partial charge is 0.376 e. The molecule has 8 nitrogen and oxygen atoms in total. The van der Waals surface area contributed by atoms with E-state index < -0.39 is 0 Å². The van der Waals surface area contributed by atoms with Crippen LogP contribution in [0.15, 0.2) is 36.7 Å². The van der Waals surface area contributed by atoms with Crippen molar-refractivity contribution >= 4 is 17.5 Å². The molecule has 3 heterocycles. The molecular formula is C17H18N6O2. The van der Waals surface area contributed by atoms with Gasteiger partial charge < -0.3 is 15.8 Å². The monoisotopic (exact) mass is 338 g/mol. The number of carbonyl (C=O) groups is 1. The van der Waals surface area contributed by atoms with Crippen LogP contribution in [-0.2, 0) is 4.74 Å². The SMILES string of the molecule is Nc1nc(-c2cccc(C(=O)NC[C@H]3CCCO3)c2)cc2nncn12. The lowest BCUT2D eigenvalue weighted by molar-refractivity contribution is 0.0858. The van der Waals surface area contributed by atoms with E-state index in [1.165, 1.54) is 6.33 Å². The molecule has 1 saturated heterocycles. The summed E-state index contributed by atoms with van der Waals surface area (Å²) in [6.07, 6.45) is 3.66. The first kappa shape index (κ1) is 15.5. The van der Waals surface area contributed by atoms with Gasteiger partial charge in [0.1, 0.15) is 6.33 Å². The number of nitrogens with one attached hydrogen (secondary N) is 1. The molecular weight excluding hydrogens is 320 g/mol. The normalized spacial score (nSPS) is 17.0. The number of nitrogens with zero attached hydrogens (tertiary/aromatic N) is 4. The predicted octanol–water partition coefficient (Wildman–Crippen LogP) is 1.28. The standard InChI is InChI=1S/C17H18N6O2/c18-17-21-14(8-15-22-20-10-23(15)17)11-3-1-4-12(7-11)16(24)19-9-13-5-2-6-25-13/h1,3-4,7-8,10,13H,2,5-6,9H2,(H2,18,21)(H,19,24)/t13-/m1/s1. The van der Waals surface area contributed by atoms with Crippen molar-refractivity contribution in [3.63, 3.8) is 0 Å². The first-order valence-corrected chi connectivity index (χ1v) is 8.17. The van der Waals surface area contributed by atoms with Crippen molar-refractivity contribution in [3.05, 3.63) is 42.2 Å². The fraction of sp³-hybridized carbons (Fsp3) is 0.294. The number of hydrogen-bond donors (Lipinski definition) is 2. The van der Waals surface area contributed by atoms with Crippen LogP contribution in [0.1, 0.15) is 23.2 Å². The summed E-state index contributed by atoms with van der Waals surface area (Å²) in [6, 6.07) is 9.05. The Balaban J connectivity index is 1.56. The molecule has 0 unspecified atom stereocenters. The lowest BCUT2D eigenvalue weighted by Gasteiger charge is -2.11. The smallest absolute Gasteiger partial charge is 0.251 e. The first-order chi connectivity index (χ1) is 12.2. The fourth-order valence-corrected chi connectivity index (χ4v) is 2.93. The van der Waals surface area contributed by atoms with Crippen LogP contribution in [0.2, 0.25) is 0 Å². The molecule has 0 radical (unpaired) electrons. The summed E-state index contributed by atoms with van der Waals surface area (Å²) in [5.41, 5.74) is 8.55. The van der Waals surface area contributed by atoms with Crippen LogP contribution in [0.3, 0.4) is 0 Å². The molecule has 0 spiro atoms. The zero-order chi connectivity index (χ0) is 17.2. The Morgan fingerprint density at radius 2 is 2.32 bits per heavy atom. The average molecular weight is 338 g/mol. The van der Waals surface area contributed by atoms with Crippen LogP contribution in [0.5, 0.6) is 0 Å². The molecule has 3 N–H and O–H groups in total. The number of aromatic nitrogens is 4. The van der Waals surface area contributed by atoms with Crippen LogP contribution in [0.25, 0.3) is 16.9 Å². The van der Waals surface area contributed by atoms with Gasteiger partial charge in [-0.2, -0.15) is 0 Å². The molecule has 0 saturated carbocycles. The molecule has 2 aromatic heterocycles. The maximum atomic E-state index is 12.4. The van der Waals surface area contributed by atoms with Crippen LogP contribution in [0.4, 0.5) is 5.95 Å². The number of ether oxygens (including phenoxy) is 1. The molecule has 1 atom stereocenters. The molecule has 1 aliphatic heterocycles. The molecule has 1 aromatic carbocycles. The number of fused-ring (bicyclic) bond motifs is 1. The number of amides is 1. The van der Waals surface area contributed by atoms with Crippen LogP contribution < -0.4 is 11.1 Å². The van der Waals surface area contributed by atoms with E-state index in [1.54, 1.807) is 22.6 Å². The Kier molecular flexibility index (Phi) is 4.02. The molecule has 1 aliphatic rings. The summed E-state index contributed by atoms with van der Waals surface area (Å²) >= 11 is 0. The Morgan fingerprint density at radius 1 is 1.40 bits per heavy atom. The first-order valence-electron chi connectivity index (χ1n) is 8.17. The zero-order valence-corrected chi connectivity index (χ0v) is 13.6. The molecule has 4 rings (SSSR count). The minimum absolute atomic E-state index is 0.115. The number of anilines is 1. The minimum Gasteiger partial charge on any atom is -0.376 e. The summed E-state index contributed by atoms with van der Waals surface area (Å²) in [4.78, 5) is 16.7. The van der Waals surface area contributed by atoms with Gasteiger partial charge in [0.2, 0.25) is 5.95 Å². The van der Waals surface area contributed by atoms with Gasteiger partial charge in [0.15, 0.2) is 5.65 Å². The van der Waals surface area contributed by atoms with Crippen molar-refractivity contribution in [3.8, 4) is 11.3 Å². The summed E-state index contributed by atoms with van der Waals surface area (Å²) in [5.74, 6) is 0.166. The number of benzene rings is 1. The van der Waals surface area contributed by atoms with Gasteiger partial charge >= 0.3 is 0 Å². The zero-order valence-electron chi connectivity index (χ0n) is 13.6. The van der Waals surface area contributed by atoms with Gasteiger partial charge in [-0.1, -0.05) is 12.1 Å². The number of hydrogen-bond acceptors (Lipinski definition) is 6. The van der Waals surface area contributed by atoms with Gasteiger partial charge in [0.05, 0.1) is 11.8 Å². The number of carbonyl (C=O) groups excluding carboxylic acids is 1. The highest BCUT2D eigenvalue weighted by molar-refractivity contribution is 5.95. The Hall–Kier alpha value is -3.00. The third-order valence-electron chi connectivity index (χ3n) is 4.26. The second-order valence-corrected chi connectivity index (χ2v) is 5.98. The van der Waals surface area contributed by atoms with Crippen LogP contribution in [-0.4, -0.2) is 44.7 Å². The van der Waals surface area contributed by atoms with Gasteiger partial charge in [-0.3, -0.25) is 9.20 Å². The lowest BCUT2D eigenvalue weighted by atomic mass is 10.1. The van der Waals surface area contributed by atoms with E-state index in [2.05, 4.69) is 20.5 Å². The number of rotatable bonds is 4. The van der Waals surface area contributed by atoms with Gasteiger partial charge in [0, 0.05) is 30.3 Å². The quantitative estimate of drug-likeness (QED) is 0.742. The number of nitrogen functional groups attached to an aromatic ring is 1. The van der Waals surface area contributed by atoms with E-state index in [-0.39, 0.29) is 12.0 Å². The third kappa shape index (κ3) is 3.16. The molecule has 128 valence electrons. The van der Waals surface area contributed by atoms with Gasteiger partial charge in [-0.05, 0) is 25.0 Å². The van der Waals surface area contributed by atoms with E-state index in [4.69, 9.17) is 10.5 Å². The highest BCUT2D eigenvalue weighted by atomic mass is 16.5. The maximum Gasteiger partial charge on any atom is 0.251 e. The molecule has 3 aromatic rings. The second kappa shape index (κ2) is 6.48. The van der Waals surface area contributed by atoms with Crippen molar-refractivity contribution in [1.29, 1.82) is 0 Å². The van der Waals surface area contributed by atoms with Crippen LogP contribution in [0, 0.1) is 0 Å². The summed E-state index contributed by atoms with van der Waals surface area (Å²) in [7, 11) is 0. The maximum absolute atomic E-state index is 12.4. The van der Waals surface area contributed by atoms with E-state index >= 15 is 0 Å². The average Bonchev–Trinajstić information content (AvgIpc) is 3.31. The van der Waals surface area contributed by atoms with Crippen molar-refractivity contribution < 1.29 is 9.53 Å². The number of nitrogens with two attached hydrogens (primary N) is 1.